The summed E-state index contributed by atoms with van der Waals surface area (Å²) in [6.07, 6.45) is 1.16. The van der Waals surface area contributed by atoms with E-state index in [0.717, 1.165) is 0 Å². The van der Waals surface area contributed by atoms with Crippen molar-refractivity contribution in [2.24, 2.45) is 5.92 Å². The summed E-state index contributed by atoms with van der Waals surface area (Å²) in [7, 11) is 3.01. The smallest absolute Gasteiger partial charge is 0.308 e. The fourth-order valence-electron chi connectivity index (χ4n) is 1.47. The largest absolute Gasteiger partial charge is 0.469 e. The first kappa shape index (κ1) is 14.9. The molecular weight excluding hydrogens is 208 g/mol. The summed E-state index contributed by atoms with van der Waals surface area (Å²) in [6, 6.07) is 0.193. The van der Waals surface area contributed by atoms with Crippen molar-refractivity contribution in [3.8, 4) is 0 Å². The minimum absolute atomic E-state index is 0.0146. The van der Waals surface area contributed by atoms with Crippen LogP contribution in [0.15, 0.2) is 0 Å². The van der Waals surface area contributed by atoms with Crippen LogP contribution in [0.5, 0.6) is 0 Å². The molecule has 94 valence electrons. The van der Waals surface area contributed by atoms with Crippen LogP contribution in [0.1, 0.15) is 26.7 Å². The van der Waals surface area contributed by atoms with E-state index in [0.29, 0.717) is 19.4 Å². The fraction of sp³-hybridized carbons (Fsp3) is 0.818. The number of carbonyl (C=O) groups excluding carboxylic acids is 2. The Bertz CT molecular complexity index is 231. The van der Waals surface area contributed by atoms with Gasteiger partial charge in [-0.1, -0.05) is 6.92 Å². The molecule has 0 aromatic carbocycles. The van der Waals surface area contributed by atoms with Crippen molar-refractivity contribution < 1.29 is 14.3 Å². The zero-order valence-corrected chi connectivity index (χ0v) is 10.5. The summed E-state index contributed by atoms with van der Waals surface area (Å²) in [6.45, 7) is 4.45. The first-order chi connectivity index (χ1) is 7.51. The number of amides is 1. The van der Waals surface area contributed by atoms with Gasteiger partial charge in [0.05, 0.1) is 13.0 Å². The van der Waals surface area contributed by atoms with Gasteiger partial charge in [0.25, 0.3) is 0 Å². The molecule has 0 aliphatic rings. The number of nitrogens with one attached hydrogen (secondary N) is 2. The molecule has 0 fully saturated rings. The minimum atomic E-state index is -0.194. The number of esters is 1. The van der Waals surface area contributed by atoms with Gasteiger partial charge < -0.3 is 15.4 Å². The number of hydrogen-bond donors (Lipinski definition) is 2. The van der Waals surface area contributed by atoms with E-state index in [1.165, 1.54) is 7.11 Å². The van der Waals surface area contributed by atoms with E-state index in [1.54, 1.807) is 7.05 Å². The maximum atomic E-state index is 11.2. The van der Waals surface area contributed by atoms with E-state index in [2.05, 4.69) is 15.4 Å². The molecule has 2 N–H and O–H groups in total. The number of carbonyl (C=O) groups is 2. The van der Waals surface area contributed by atoms with E-state index in [1.807, 2.05) is 13.8 Å². The van der Waals surface area contributed by atoms with Crippen molar-refractivity contribution >= 4 is 11.9 Å². The lowest BCUT2D eigenvalue weighted by Gasteiger charge is -2.16. The highest BCUT2D eigenvalue weighted by Crippen LogP contribution is 2.07. The molecule has 2 atom stereocenters. The van der Waals surface area contributed by atoms with Gasteiger partial charge in [-0.15, -0.1) is 0 Å². The second-order valence-electron chi connectivity index (χ2n) is 3.94. The third kappa shape index (κ3) is 6.40. The summed E-state index contributed by atoms with van der Waals surface area (Å²) in [5.74, 6) is -0.298. The molecule has 0 saturated carbocycles. The number of rotatable bonds is 7. The Kier molecular flexibility index (Phi) is 7.54. The lowest BCUT2D eigenvalue weighted by molar-refractivity contribution is -0.145. The minimum Gasteiger partial charge on any atom is -0.469 e. The first-order valence-corrected chi connectivity index (χ1v) is 5.53. The summed E-state index contributed by atoms with van der Waals surface area (Å²) in [5.41, 5.74) is 0. The highest BCUT2D eigenvalue weighted by atomic mass is 16.5. The molecule has 0 radical (unpaired) electrons. The van der Waals surface area contributed by atoms with Crippen LogP contribution in [0.3, 0.4) is 0 Å². The van der Waals surface area contributed by atoms with E-state index < -0.39 is 0 Å². The summed E-state index contributed by atoms with van der Waals surface area (Å²) in [5, 5.41) is 5.74. The molecule has 5 nitrogen and oxygen atoms in total. The van der Waals surface area contributed by atoms with Crippen LogP contribution in [0.2, 0.25) is 0 Å². The van der Waals surface area contributed by atoms with Crippen molar-refractivity contribution in [2.75, 3.05) is 20.7 Å². The normalized spacial score (nSPS) is 14.0. The van der Waals surface area contributed by atoms with Gasteiger partial charge in [-0.2, -0.15) is 0 Å². The third-order valence-electron chi connectivity index (χ3n) is 2.43. The molecule has 0 bridgehead atoms. The quantitative estimate of drug-likeness (QED) is 0.617. The van der Waals surface area contributed by atoms with Gasteiger partial charge in [-0.05, 0) is 13.3 Å². The van der Waals surface area contributed by atoms with E-state index in [-0.39, 0.29) is 23.8 Å². The van der Waals surface area contributed by atoms with Crippen molar-refractivity contribution in [1.82, 2.24) is 10.6 Å². The van der Waals surface area contributed by atoms with Gasteiger partial charge in [-0.25, -0.2) is 0 Å². The molecule has 0 aliphatic heterocycles. The van der Waals surface area contributed by atoms with Crippen LogP contribution >= 0.6 is 0 Å². The zero-order valence-electron chi connectivity index (χ0n) is 10.5. The predicted molar refractivity (Wildman–Crippen MR) is 61.9 cm³/mol. The molecule has 0 aromatic rings. The fourth-order valence-corrected chi connectivity index (χ4v) is 1.47. The Labute approximate surface area is 96.9 Å². The maximum Gasteiger partial charge on any atom is 0.308 e. The van der Waals surface area contributed by atoms with Gasteiger partial charge in [0, 0.05) is 26.1 Å². The molecule has 0 rings (SSSR count). The lowest BCUT2D eigenvalue weighted by atomic mass is 10.0. The van der Waals surface area contributed by atoms with Crippen LogP contribution in [0, 0.1) is 5.92 Å². The molecular formula is C11H22N2O3. The van der Waals surface area contributed by atoms with Gasteiger partial charge >= 0.3 is 5.97 Å². The summed E-state index contributed by atoms with van der Waals surface area (Å²) in [4.78, 5) is 22.1. The molecule has 0 heterocycles. The molecule has 2 unspecified atom stereocenters. The van der Waals surface area contributed by atoms with Crippen LogP contribution in [-0.4, -0.2) is 38.6 Å². The van der Waals surface area contributed by atoms with Crippen LogP contribution in [0.25, 0.3) is 0 Å². The number of ether oxygens (including phenoxy) is 1. The zero-order chi connectivity index (χ0) is 12.6. The van der Waals surface area contributed by atoms with Gasteiger partial charge in [-0.3, -0.25) is 9.59 Å². The molecule has 0 aliphatic carbocycles. The lowest BCUT2D eigenvalue weighted by Crippen LogP contribution is -2.33. The van der Waals surface area contributed by atoms with Gasteiger partial charge in [0.15, 0.2) is 0 Å². The predicted octanol–water partition coefficient (Wildman–Crippen LogP) is 0.300. The first-order valence-electron chi connectivity index (χ1n) is 5.53. The van der Waals surface area contributed by atoms with Gasteiger partial charge in [0.2, 0.25) is 5.91 Å². The second-order valence-corrected chi connectivity index (χ2v) is 3.94. The topological polar surface area (TPSA) is 67.4 Å². The standard InChI is InChI=1S/C11H22N2O3/c1-8(11(15)16-4)7-9(2)13-6-5-10(14)12-3/h8-9,13H,5-7H2,1-4H3,(H,12,14). The Hall–Kier alpha value is -1.10. The van der Waals surface area contributed by atoms with Crippen LogP contribution in [-0.2, 0) is 14.3 Å². The van der Waals surface area contributed by atoms with E-state index >= 15 is 0 Å². The van der Waals surface area contributed by atoms with Crippen LogP contribution in [0.4, 0.5) is 0 Å². The Morgan fingerprint density at radius 1 is 1.31 bits per heavy atom. The van der Waals surface area contributed by atoms with Crippen molar-refractivity contribution in [2.45, 2.75) is 32.7 Å². The third-order valence-corrected chi connectivity index (χ3v) is 2.43. The number of hydrogen-bond acceptors (Lipinski definition) is 4. The monoisotopic (exact) mass is 230 g/mol. The number of methoxy groups -OCH3 is 1. The van der Waals surface area contributed by atoms with E-state index in [4.69, 9.17) is 0 Å². The average molecular weight is 230 g/mol. The van der Waals surface area contributed by atoms with Crippen molar-refractivity contribution in [3.05, 3.63) is 0 Å². The average Bonchev–Trinajstić information content (AvgIpc) is 2.27. The van der Waals surface area contributed by atoms with Crippen LogP contribution < -0.4 is 10.6 Å². The summed E-state index contributed by atoms with van der Waals surface area (Å²) < 4.78 is 4.64. The SMILES string of the molecule is CNC(=O)CCNC(C)CC(C)C(=O)OC. The van der Waals surface area contributed by atoms with Crippen molar-refractivity contribution in [1.29, 1.82) is 0 Å². The maximum absolute atomic E-state index is 11.2. The van der Waals surface area contributed by atoms with Gasteiger partial charge in [0.1, 0.15) is 0 Å². The highest BCUT2D eigenvalue weighted by Gasteiger charge is 2.16. The summed E-state index contributed by atoms with van der Waals surface area (Å²) >= 11 is 0. The molecule has 1 amide bonds. The van der Waals surface area contributed by atoms with E-state index in [9.17, 15) is 9.59 Å². The molecule has 16 heavy (non-hydrogen) atoms. The molecule has 5 heteroatoms. The Morgan fingerprint density at radius 2 is 1.94 bits per heavy atom. The molecule has 0 saturated heterocycles. The van der Waals surface area contributed by atoms with Crippen molar-refractivity contribution in [3.63, 3.8) is 0 Å². The molecule has 0 aromatic heterocycles. The second kappa shape index (κ2) is 8.10. The Morgan fingerprint density at radius 3 is 2.44 bits per heavy atom. The molecule has 0 spiro atoms. The highest BCUT2D eigenvalue weighted by molar-refractivity contribution is 5.75. The Balaban J connectivity index is 3.69.